The maximum Gasteiger partial charge on any atom is 0.273 e. The predicted octanol–water partition coefficient (Wildman–Crippen LogP) is 2.41. The van der Waals surface area contributed by atoms with Crippen LogP contribution < -0.4 is 4.90 Å². The van der Waals surface area contributed by atoms with Gasteiger partial charge in [-0.1, -0.05) is 13.8 Å². The van der Waals surface area contributed by atoms with Crippen molar-refractivity contribution in [2.24, 2.45) is 0 Å². The average molecular weight is 331 g/mol. The summed E-state index contributed by atoms with van der Waals surface area (Å²) in [5, 5.41) is 8.10. The minimum atomic E-state index is 0.0518. The molecule has 3 heterocycles. The van der Waals surface area contributed by atoms with Crippen LogP contribution in [0.25, 0.3) is 0 Å². The molecule has 0 unspecified atom stereocenters. The van der Waals surface area contributed by atoms with Crippen LogP contribution in [-0.4, -0.2) is 52.2 Å². The Labute approximate surface area is 140 Å². The third-order valence-electron chi connectivity index (χ3n) is 3.99. The molecule has 0 N–H and O–H groups in total. The molecule has 0 aromatic carbocycles. The molecule has 3 rings (SSSR count). The van der Waals surface area contributed by atoms with Gasteiger partial charge >= 0.3 is 0 Å². The standard InChI is InChI=1S/C16H21N5OS/c1-12(2)15-14(17-11-23-15)16(22)21-8-4-7-20(9-10-21)13-5-3-6-18-19-13/h3,5-6,11-12H,4,7-10H2,1-2H3. The number of carbonyl (C=O) groups excluding carboxylic acids is 1. The lowest BCUT2D eigenvalue weighted by Gasteiger charge is -2.22. The number of rotatable bonds is 3. The van der Waals surface area contributed by atoms with Gasteiger partial charge in [0.15, 0.2) is 5.82 Å². The molecular weight excluding hydrogens is 310 g/mol. The number of carbonyl (C=O) groups is 1. The number of anilines is 1. The van der Waals surface area contributed by atoms with E-state index < -0.39 is 0 Å². The highest BCUT2D eigenvalue weighted by Gasteiger charge is 2.25. The molecular formula is C16H21N5OS. The molecule has 1 fully saturated rings. The van der Waals surface area contributed by atoms with E-state index in [1.54, 1.807) is 23.0 Å². The van der Waals surface area contributed by atoms with E-state index in [2.05, 4.69) is 33.9 Å². The number of aromatic nitrogens is 3. The Morgan fingerprint density at radius 1 is 1.26 bits per heavy atom. The summed E-state index contributed by atoms with van der Waals surface area (Å²) in [7, 11) is 0. The quantitative estimate of drug-likeness (QED) is 0.864. The smallest absolute Gasteiger partial charge is 0.273 e. The average Bonchev–Trinajstić information content (AvgIpc) is 2.93. The van der Waals surface area contributed by atoms with Crippen molar-refractivity contribution in [3.63, 3.8) is 0 Å². The zero-order valence-corrected chi connectivity index (χ0v) is 14.3. The van der Waals surface area contributed by atoms with Crippen molar-refractivity contribution in [1.29, 1.82) is 0 Å². The van der Waals surface area contributed by atoms with Crippen molar-refractivity contribution in [3.05, 3.63) is 34.4 Å². The molecule has 0 atom stereocenters. The second kappa shape index (κ2) is 7.04. The second-order valence-electron chi connectivity index (χ2n) is 5.93. The van der Waals surface area contributed by atoms with Crippen LogP contribution in [0.5, 0.6) is 0 Å². The summed E-state index contributed by atoms with van der Waals surface area (Å²) in [6.45, 7) is 7.29. The number of hydrogen-bond acceptors (Lipinski definition) is 6. The van der Waals surface area contributed by atoms with E-state index in [0.29, 0.717) is 18.2 Å². The summed E-state index contributed by atoms with van der Waals surface area (Å²) in [6.07, 6.45) is 2.59. The lowest BCUT2D eigenvalue weighted by molar-refractivity contribution is 0.0760. The number of amides is 1. The summed E-state index contributed by atoms with van der Waals surface area (Å²) in [6, 6.07) is 3.85. The van der Waals surface area contributed by atoms with Gasteiger partial charge in [-0.2, -0.15) is 5.10 Å². The van der Waals surface area contributed by atoms with Crippen LogP contribution in [0.15, 0.2) is 23.8 Å². The maximum atomic E-state index is 12.8. The number of hydrogen-bond donors (Lipinski definition) is 0. The van der Waals surface area contributed by atoms with Gasteiger partial charge in [0, 0.05) is 37.3 Å². The van der Waals surface area contributed by atoms with Gasteiger partial charge in [-0.05, 0) is 24.5 Å². The Kier molecular flexibility index (Phi) is 4.85. The first-order valence-corrected chi connectivity index (χ1v) is 8.80. The molecule has 0 aliphatic carbocycles. The molecule has 1 amide bonds. The van der Waals surface area contributed by atoms with Crippen LogP contribution in [0.2, 0.25) is 0 Å². The zero-order chi connectivity index (χ0) is 16.2. The zero-order valence-electron chi connectivity index (χ0n) is 13.5. The highest BCUT2D eigenvalue weighted by molar-refractivity contribution is 7.10. The van der Waals surface area contributed by atoms with E-state index in [4.69, 9.17) is 0 Å². The molecule has 0 radical (unpaired) electrons. The van der Waals surface area contributed by atoms with Crippen molar-refractivity contribution in [1.82, 2.24) is 20.1 Å². The van der Waals surface area contributed by atoms with E-state index in [9.17, 15) is 4.79 Å². The highest BCUT2D eigenvalue weighted by atomic mass is 32.1. The van der Waals surface area contributed by atoms with Gasteiger partial charge in [-0.25, -0.2) is 4.98 Å². The molecule has 0 bridgehead atoms. The van der Waals surface area contributed by atoms with Crippen molar-refractivity contribution in [2.45, 2.75) is 26.2 Å². The molecule has 6 nitrogen and oxygen atoms in total. The van der Waals surface area contributed by atoms with E-state index in [1.807, 2.05) is 17.0 Å². The molecule has 7 heteroatoms. The van der Waals surface area contributed by atoms with Gasteiger partial charge in [0.2, 0.25) is 0 Å². The van der Waals surface area contributed by atoms with Crippen molar-refractivity contribution in [2.75, 3.05) is 31.1 Å². The summed E-state index contributed by atoms with van der Waals surface area (Å²) in [5.41, 5.74) is 2.39. The third-order valence-corrected chi connectivity index (χ3v) is 5.12. The first-order valence-electron chi connectivity index (χ1n) is 7.92. The fourth-order valence-electron chi connectivity index (χ4n) is 2.79. The van der Waals surface area contributed by atoms with E-state index in [1.165, 1.54) is 0 Å². The maximum absolute atomic E-state index is 12.8. The fourth-order valence-corrected chi connectivity index (χ4v) is 3.58. The van der Waals surface area contributed by atoms with E-state index in [0.717, 1.165) is 36.8 Å². The molecule has 0 saturated carbocycles. The Morgan fingerprint density at radius 3 is 2.87 bits per heavy atom. The summed E-state index contributed by atoms with van der Waals surface area (Å²) in [5.74, 6) is 1.25. The lowest BCUT2D eigenvalue weighted by atomic mass is 10.1. The van der Waals surface area contributed by atoms with Gasteiger partial charge < -0.3 is 9.80 Å². The normalized spacial score (nSPS) is 15.8. The van der Waals surface area contributed by atoms with E-state index in [-0.39, 0.29) is 5.91 Å². The van der Waals surface area contributed by atoms with Gasteiger partial charge in [-0.3, -0.25) is 4.79 Å². The second-order valence-corrected chi connectivity index (χ2v) is 6.82. The van der Waals surface area contributed by atoms with Crippen LogP contribution in [-0.2, 0) is 0 Å². The highest BCUT2D eigenvalue weighted by Crippen LogP contribution is 2.25. The van der Waals surface area contributed by atoms with Crippen LogP contribution in [0.4, 0.5) is 5.82 Å². The predicted molar refractivity (Wildman–Crippen MR) is 91.0 cm³/mol. The van der Waals surface area contributed by atoms with Gasteiger partial charge in [-0.15, -0.1) is 16.4 Å². The minimum Gasteiger partial charge on any atom is -0.353 e. The van der Waals surface area contributed by atoms with Crippen molar-refractivity contribution >= 4 is 23.1 Å². The summed E-state index contributed by atoms with van der Waals surface area (Å²) < 4.78 is 0. The lowest BCUT2D eigenvalue weighted by Crippen LogP contribution is -2.36. The fraction of sp³-hybridized carbons (Fsp3) is 0.500. The first kappa shape index (κ1) is 15.9. The molecule has 23 heavy (non-hydrogen) atoms. The molecule has 1 aliphatic rings. The van der Waals surface area contributed by atoms with Crippen LogP contribution >= 0.6 is 11.3 Å². The molecule has 1 aliphatic heterocycles. The minimum absolute atomic E-state index is 0.0518. The summed E-state index contributed by atoms with van der Waals surface area (Å²) >= 11 is 1.57. The third kappa shape index (κ3) is 3.50. The van der Waals surface area contributed by atoms with Gasteiger partial charge in [0.25, 0.3) is 5.91 Å². The summed E-state index contributed by atoms with van der Waals surface area (Å²) in [4.78, 5) is 22.3. The number of nitrogens with zero attached hydrogens (tertiary/aromatic N) is 5. The van der Waals surface area contributed by atoms with Crippen molar-refractivity contribution in [3.8, 4) is 0 Å². The van der Waals surface area contributed by atoms with Crippen LogP contribution in [0, 0.1) is 0 Å². The Balaban J connectivity index is 1.70. The molecule has 122 valence electrons. The Hall–Kier alpha value is -2.02. The molecule has 2 aromatic heterocycles. The van der Waals surface area contributed by atoms with Crippen LogP contribution in [0.3, 0.4) is 0 Å². The molecule has 1 saturated heterocycles. The Bertz CT molecular complexity index is 658. The topological polar surface area (TPSA) is 62.2 Å². The molecule has 2 aromatic rings. The van der Waals surface area contributed by atoms with Crippen LogP contribution in [0.1, 0.15) is 41.6 Å². The monoisotopic (exact) mass is 331 g/mol. The first-order chi connectivity index (χ1) is 11.2. The van der Waals surface area contributed by atoms with Gasteiger partial charge in [0.1, 0.15) is 5.69 Å². The Morgan fingerprint density at radius 2 is 2.13 bits per heavy atom. The van der Waals surface area contributed by atoms with E-state index >= 15 is 0 Å². The number of thiazole rings is 1. The van der Waals surface area contributed by atoms with Crippen molar-refractivity contribution < 1.29 is 4.79 Å². The largest absolute Gasteiger partial charge is 0.353 e. The van der Waals surface area contributed by atoms with Gasteiger partial charge in [0.05, 0.1) is 5.51 Å². The SMILES string of the molecule is CC(C)c1scnc1C(=O)N1CCCN(c2cccnn2)CC1. The molecule has 0 spiro atoms.